The maximum atomic E-state index is 12.8. The molecule has 0 saturated carbocycles. The zero-order valence-electron chi connectivity index (χ0n) is 14.9. The van der Waals surface area contributed by atoms with Gasteiger partial charge in [0, 0.05) is 11.8 Å². The number of hydroxylamine groups is 2. The quantitative estimate of drug-likeness (QED) is 0.653. The second-order valence-electron chi connectivity index (χ2n) is 6.61. The van der Waals surface area contributed by atoms with Crippen molar-refractivity contribution in [2.45, 2.75) is 20.0 Å². The van der Waals surface area contributed by atoms with Crippen LogP contribution in [0, 0.1) is 11.8 Å². The molecule has 0 aromatic heterocycles. The molecule has 0 bridgehead atoms. The highest BCUT2D eigenvalue weighted by Gasteiger charge is 2.46. The maximum Gasteiger partial charge on any atom is 0.416 e. The van der Waals surface area contributed by atoms with Gasteiger partial charge >= 0.3 is 16.3 Å². The first-order valence-corrected chi connectivity index (χ1v) is 9.70. The number of alkyl halides is 3. The number of nitrogens with zero attached hydrogens (tertiary/aromatic N) is 2. The Bertz CT molecular complexity index is 1030. The van der Waals surface area contributed by atoms with Gasteiger partial charge in [-0.1, -0.05) is 13.8 Å². The van der Waals surface area contributed by atoms with Crippen molar-refractivity contribution < 1.29 is 45.1 Å². The Morgan fingerprint density at radius 3 is 2.00 bits per heavy atom. The molecule has 0 N–H and O–H groups in total. The van der Waals surface area contributed by atoms with Crippen molar-refractivity contribution in [2.24, 2.45) is 11.8 Å². The first-order valence-electron chi connectivity index (χ1n) is 8.12. The summed E-state index contributed by atoms with van der Waals surface area (Å²) in [5.74, 6) is -7.03. The molecule has 2 aliphatic heterocycles. The third-order valence-electron chi connectivity index (χ3n) is 4.71. The van der Waals surface area contributed by atoms with Crippen LogP contribution < -0.4 is 0 Å². The standard InChI is InChI=1S/C16H13F3N2O7S/c1-7-8(2)13(23)20(12(7)22)6-29(26,27)28-21-14(24)10-4-3-9(16(17,18)19)5-11(10)15(21)25/h3-5,7-8H,6H2,1-2H3. The van der Waals surface area contributed by atoms with Gasteiger partial charge in [-0.15, -0.1) is 9.35 Å². The van der Waals surface area contributed by atoms with Crippen LogP contribution in [0.5, 0.6) is 0 Å². The molecule has 3 rings (SSSR count). The zero-order valence-corrected chi connectivity index (χ0v) is 15.7. The Balaban J connectivity index is 1.83. The highest BCUT2D eigenvalue weighted by molar-refractivity contribution is 7.86. The van der Waals surface area contributed by atoms with Crippen LogP contribution in [0.2, 0.25) is 0 Å². The molecule has 0 radical (unpaired) electrons. The lowest BCUT2D eigenvalue weighted by molar-refractivity contribution is -0.139. The topological polar surface area (TPSA) is 118 Å². The number of imide groups is 2. The van der Waals surface area contributed by atoms with E-state index in [0.29, 0.717) is 17.0 Å². The molecule has 1 fully saturated rings. The van der Waals surface area contributed by atoms with Gasteiger partial charge in [-0.2, -0.15) is 21.6 Å². The molecule has 156 valence electrons. The van der Waals surface area contributed by atoms with E-state index in [-0.39, 0.29) is 5.06 Å². The summed E-state index contributed by atoms with van der Waals surface area (Å²) in [6, 6.07) is 1.69. The molecule has 29 heavy (non-hydrogen) atoms. The van der Waals surface area contributed by atoms with E-state index < -0.39 is 74.3 Å². The molecule has 13 heteroatoms. The van der Waals surface area contributed by atoms with E-state index in [4.69, 9.17) is 0 Å². The molecule has 2 unspecified atom stereocenters. The normalized spacial score (nSPS) is 22.7. The van der Waals surface area contributed by atoms with Gasteiger partial charge in [0.15, 0.2) is 5.88 Å². The molecule has 1 aromatic carbocycles. The lowest BCUT2D eigenvalue weighted by Gasteiger charge is -2.17. The minimum Gasteiger partial charge on any atom is -0.274 e. The summed E-state index contributed by atoms with van der Waals surface area (Å²) in [6.07, 6.45) is -4.79. The fourth-order valence-corrected chi connectivity index (χ4v) is 3.89. The number of likely N-dealkylation sites (tertiary alicyclic amines) is 1. The Kier molecular flexibility index (Phi) is 4.78. The Morgan fingerprint density at radius 2 is 1.48 bits per heavy atom. The highest BCUT2D eigenvalue weighted by atomic mass is 32.2. The molecule has 4 amide bonds. The Labute approximate surface area is 162 Å². The molecule has 2 aliphatic rings. The van der Waals surface area contributed by atoms with E-state index in [1.807, 2.05) is 0 Å². The molecule has 1 aromatic rings. The first-order chi connectivity index (χ1) is 13.2. The van der Waals surface area contributed by atoms with Crippen LogP contribution in [-0.2, 0) is 30.2 Å². The van der Waals surface area contributed by atoms with Crippen LogP contribution >= 0.6 is 0 Å². The number of rotatable bonds is 4. The molecule has 2 heterocycles. The van der Waals surface area contributed by atoms with E-state index in [0.717, 1.165) is 6.07 Å². The largest absolute Gasteiger partial charge is 0.416 e. The predicted molar refractivity (Wildman–Crippen MR) is 87.0 cm³/mol. The summed E-state index contributed by atoms with van der Waals surface area (Å²) >= 11 is 0. The monoisotopic (exact) mass is 434 g/mol. The minimum absolute atomic E-state index is 0.210. The van der Waals surface area contributed by atoms with Crippen LogP contribution in [0.15, 0.2) is 18.2 Å². The summed E-state index contributed by atoms with van der Waals surface area (Å²) < 4.78 is 67.3. The van der Waals surface area contributed by atoms with Gasteiger partial charge in [0.05, 0.1) is 16.7 Å². The van der Waals surface area contributed by atoms with Gasteiger partial charge in [0.25, 0.3) is 11.8 Å². The summed E-state index contributed by atoms with van der Waals surface area (Å²) in [5, 5.41) is -0.210. The van der Waals surface area contributed by atoms with E-state index in [1.54, 1.807) is 0 Å². The number of hydrogen-bond donors (Lipinski definition) is 0. The fourth-order valence-electron chi connectivity index (χ4n) is 2.91. The van der Waals surface area contributed by atoms with Gasteiger partial charge in [-0.3, -0.25) is 24.1 Å². The van der Waals surface area contributed by atoms with Gasteiger partial charge in [-0.25, -0.2) is 0 Å². The summed E-state index contributed by atoms with van der Waals surface area (Å²) in [6.45, 7) is 2.86. The number of carbonyl (C=O) groups excluding carboxylic acids is 4. The SMILES string of the molecule is CC1C(=O)N(CS(=O)(=O)ON2C(=O)c3ccc(C(F)(F)F)cc3C2=O)C(=O)C1C. The van der Waals surface area contributed by atoms with Crippen molar-refractivity contribution in [3.05, 3.63) is 34.9 Å². The third-order valence-corrected chi connectivity index (χ3v) is 5.66. The number of hydrogen-bond acceptors (Lipinski definition) is 7. The summed E-state index contributed by atoms with van der Waals surface area (Å²) in [7, 11) is -4.84. The molecule has 0 spiro atoms. The van der Waals surface area contributed by atoms with Gasteiger partial charge in [0.2, 0.25) is 11.8 Å². The molecule has 9 nitrogen and oxygen atoms in total. The lowest BCUT2D eigenvalue weighted by atomic mass is 10.00. The van der Waals surface area contributed by atoms with Crippen LogP contribution in [0.1, 0.15) is 40.1 Å². The van der Waals surface area contributed by atoms with E-state index in [9.17, 15) is 40.8 Å². The second-order valence-corrected chi connectivity index (χ2v) is 8.13. The van der Waals surface area contributed by atoms with Gasteiger partial charge < -0.3 is 0 Å². The van der Waals surface area contributed by atoms with Gasteiger partial charge in [0.1, 0.15) is 0 Å². The van der Waals surface area contributed by atoms with E-state index in [1.165, 1.54) is 13.8 Å². The van der Waals surface area contributed by atoms with E-state index in [2.05, 4.69) is 4.28 Å². The van der Waals surface area contributed by atoms with Crippen molar-refractivity contribution in [2.75, 3.05) is 5.88 Å². The highest BCUT2D eigenvalue weighted by Crippen LogP contribution is 2.34. The minimum atomic E-state index is -4.84. The van der Waals surface area contributed by atoms with Crippen LogP contribution in [0.25, 0.3) is 0 Å². The lowest BCUT2D eigenvalue weighted by Crippen LogP contribution is -2.40. The van der Waals surface area contributed by atoms with Crippen LogP contribution in [-0.4, -0.2) is 47.9 Å². The maximum absolute atomic E-state index is 12.8. The molecular weight excluding hydrogens is 421 g/mol. The summed E-state index contributed by atoms with van der Waals surface area (Å²) in [5.41, 5.74) is -2.37. The number of amides is 4. The number of fused-ring (bicyclic) bond motifs is 1. The zero-order chi connectivity index (χ0) is 21.9. The van der Waals surface area contributed by atoms with Crippen molar-refractivity contribution in [1.82, 2.24) is 9.96 Å². The smallest absolute Gasteiger partial charge is 0.274 e. The average molecular weight is 434 g/mol. The summed E-state index contributed by atoms with van der Waals surface area (Å²) in [4.78, 5) is 48.9. The number of benzene rings is 1. The first kappa shape index (κ1) is 20.9. The predicted octanol–water partition coefficient (Wildman–Crippen LogP) is 1.16. The fraction of sp³-hybridized carbons (Fsp3) is 0.375. The number of halogens is 3. The molecular formula is C16H13F3N2O7S. The average Bonchev–Trinajstić information content (AvgIpc) is 2.96. The van der Waals surface area contributed by atoms with Crippen molar-refractivity contribution in [3.63, 3.8) is 0 Å². The molecule has 1 saturated heterocycles. The molecule has 0 aliphatic carbocycles. The third kappa shape index (κ3) is 3.51. The van der Waals surface area contributed by atoms with Crippen LogP contribution in [0.3, 0.4) is 0 Å². The Morgan fingerprint density at radius 1 is 0.966 bits per heavy atom. The van der Waals surface area contributed by atoms with Crippen molar-refractivity contribution in [3.8, 4) is 0 Å². The van der Waals surface area contributed by atoms with Crippen molar-refractivity contribution >= 4 is 33.7 Å². The van der Waals surface area contributed by atoms with E-state index >= 15 is 0 Å². The van der Waals surface area contributed by atoms with Gasteiger partial charge in [-0.05, 0) is 18.2 Å². The van der Waals surface area contributed by atoms with Crippen molar-refractivity contribution in [1.29, 1.82) is 0 Å². The Hall–Kier alpha value is -2.80. The second kappa shape index (κ2) is 6.62. The van der Waals surface area contributed by atoms with Crippen LogP contribution in [0.4, 0.5) is 13.2 Å². The molecule has 2 atom stereocenters. The number of carbonyl (C=O) groups is 4.